The second-order valence-corrected chi connectivity index (χ2v) is 42.5. The van der Waals surface area contributed by atoms with Crippen molar-refractivity contribution in [2.24, 2.45) is 46.6 Å². The molecule has 5 heterocycles. The van der Waals surface area contributed by atoms with Crippen molar-refractivity contribution < 1.29 is 71.3 Å². The average molecular weight is 2020 g/mol. The SMILES string of the molecule is CC(=O)OCO/C(=C(/C#N)c1ccc(C(C)(C)C)cc1)c1c(C)c(C)nn1C.CCC(=O)OCO/C(=C(/C#N)c1ccc(C(C)(C)C)cc1)c1c(C)c(C)nn1C.CCCC(=O)OCO/C(=C(/C#N)c1ccc(C(C)(C)C)cc1)c1c(C)c(C)nn1C.Cc1nn(C)c(/C(OCOC(=O)C(C)(C)C)=C(\C#N)c2ccc(C(C)(C)C)cc2)c1C.Cc1nn(C)c(/C(OCOC(=O)C(C)C)=C(\C#N)c2ccc(C(C)(C)C)cc2)c1C. The molecule has 0 aliphatic rings. The number of carbonyl (C=O) groups excluding carboxylic acids is 5. The molecule has 0 N–H and O–H groups in total. The number of allylic oxidation sites excluding steroid dienone is 5. The van der Waals surface area contributed by atoms with Gasteiger partial charge in [-0.05, 0) is 179 Å². The Kier molecular flexibility index (Phi) is 43.1. The Morgan fingerprint density at radius 2 is 0.493 bits per heavy atom. The number of aromatic nitrogens is 10. The lowest BCUT2D eigenvalue weighted by Gasteiger charge is -2.20. The van der Waals surface area contributed by atoms with Crippen molar-refractivity contribution in [2.45, 2.75) is 275 Å². The maximum Gasteiger partial charge on any atom is 0.314 e. The summed E-state index contributed by atoms with van der Waals surface area (Å²) in [6.07, 6.45) is 1.28. The Morgan fingerprint density at radius 1 is 0.297 bits per heavy atom. The lowest BCUT2D eigenvalue weighted by atomic mass is 9.86. The van der Waals surface area contributed by atoms with Crippen LogP contribution in [0.1, 0.15) is 319 Å². The predicted octanol–water partition coefficient (Wildman–Crippen LogP) is 24.2. The van der Waals surface area contributed by atoms with Gasteiger partial charge in [0.05, 0.1) is 39.8 Å². The highest BCUT2D eigenvalue weighted by Crippen LogP contribution is 2.40. The number of hydrogen-bond acceptors (Lipinski definition) is 25. The summed E-state index contributed by atoms with van der Waals surface area (Å²) in [5.41, 5.74) is 22.9. The van der Waals surface area contributed by atoms with Crippen LogP contribution in [0.3, 0.4) is 0 Å². The van der Waals surface area contributed by atoms with Crippen LogP contribution in [-0.4, -0.2) is 113 Å². The molecule has 30 nitrogen and oxygen atoms in total. The van der Waals surface area contributed by atoms with Crippen LogP contribution in [-0.2, 0) is 134 Å². The van der Waals surface area contributed by atoms with Crippen LogP contribution >= 0.6 is 0 Å². The number of carbonyl (C=O) groups is 5. The second-order valence-electron chi connectivity index (χ2n) is 42.5. The van der Waals surface area contributed by atoms with Gasteiger partial charge in [-0.25, -0.2) is 0 Å². The molecule has 0 bridgehead atoms. The fraction of sp³-hybridized carbons (Fsp3) is 0.449. The number of nitrogens with zero attached hydrogens (tertiary/aromatic N) is 15. The topological polar surface area (TPSA) is 386 Å². The molecule has 788 valence electrons. The molecule has 0 aliphatic heterocycles. The third kappa shape index (κ3) is 32.6. The molecule has 10 rings (SSSR count). The fourth-order valence-electron chi connectivity index (χ4n) is 15.1. The van der Waals surface area contributed by atoms with Crippen molar-refractivity contribution in [2.75, 3.05) is 34.0 Å². The summed E-state index contributed by atoms with van der Waals surface area (Å²) in [5.74, 6) is -0.422. The molecule has 10 aromatic rings. The van der Waals surface area contributed by atoms with E-state index in [0.29, 0.717) is 98.0 Å². The maximum absolute atomic E-state index is 12.2. The van der Waals surface area contributed by atoms with E-state index >= 15 is 0 Å². The van der Waals surface area contributed by atoms with Crippen molar-refractivity contribution in [1.29, 1.82) is 26.3 Å². The third-order valence-corrected chi connectivity index (χ3v) is 24.5. The lowest BCUT2D eigenvalue weighted by Crippen LogP contribution is -2.24. The van der Waals surface area contributed by atoms with Gasteiger partial charge in [0.25, 0.3) is 0 Å². The van der Waals surface area contributed by atoms with E-state index in [0.717, 1.165) is 84.1 Å². The summed E-state index contributed by atoms with van der Waals surface area (Å²) in [6.45, 7) is 63.7. The third-order valence-electron chi connectivity index (χ3n) is 24.5. The van der Waals surface area contributed by atoms with Crippen LogP contribution in [0.25, 0.3) is 56.7 Å². The Balaban J connectivity index is 0.000000283. The van der Waals surface area contributed by atoms with Crippen LogP contribution < -0.4 is 0 Å². The zero-order valence-electron chi connectivity index (χ0n) is 94.1. The zero-order chi connectivity index (χ0) is 111. The van der Waals surface area contributed by atoms with Gasteiger partial charge in [0.1, 0.15) is 86.7 Å². The minimum absolute atomic E-state index is 0.00523. The highest BCUT2D eigenvalue weighted by molar-refractivity contribution is 5.99. The molecule has 0 unspecified atom stereocenters. The van der Waals surface area contributed by atoms with Gasteiger partial charge in [-0.1, -0.05) is 253 Å². The van der Waals surface area contributed by atoms with Crippen LogP contribution in [0.4, 0.5) is 0 Å². The highest BCUT2D eigenvalue weighted by atomic mass is 16.7. The Morgan fingerprint density at radius 3 is 0.655 bits per heavy atom. The predicted molar refractivity (Wildman–Crippen MR) is 577 cm³/mol. The first-order valence-electron chi connectivity index (χ1n) is 49.2. The highest BCUT2D eigenvalue weighted by Gasteiger charge is 2.32. The molecule has 30 heteroatoms. The second kappa shape index (κ2) is 52.6. The smallest absolute Gasteiger partial charge is 0.314 e. The molecule has 0 saturated heterocycles. The van der Waals surface area contributed by atoms with Gasteiger partial charge in [0.2, 0.25) is 34.0 Å². The standard InChI is InChI=1S/C25H33N3O3.2C24H31N3O3.C23H29N3O3.C22H27N3O3/c1-16-17(2)27-28(9)21(16)22(30-15-31-23(29)25(6,7)8)20(14-26)18-10-12-19(13-11-18)24(3,4)5;1-15(2)23(28)30-14-29-22(21-16(3)17(4)26-27(21)8)20(13-25)18-9-11-19(12-10-18)24(5,6)7;1-8-9-21(28)29-15-30-23(22-16(2)17(3)26-27(22)7)20(14-25)18-10-12-19(13-11-18)24(4,5)6;1-8-20(27)28-14-29-22(21-15(2)16(3)25-26(21)7)19(13-24)17-9-11-18(12-10-17)23(4,5)6;1-14-15(2)24-25(7)20(14)21(28-13-27-16(3)26)19(12-23)17-8-10-18(11-9-17)22(4,5)6/h10-13H,15H2,1-9H3;9-12,15H,14H2,1-8H3;10-13H,8-9,15H2,1-7H3;9-12H,8,14H2,1-7H3;8-11H,13H2,1-7H3/b2*22-20-;23-20-;22-19-;21-19-. The van der Waals surface area contributed by atoms with Gasteiger partial charge in [-0.2, -0.15) is 51.8 Å². The maximum atomic E-state index is 12.2. The van der Waals surface area contributed by atoms with Gasteiger partial charge < -0.3 is 47.4 Å². The number of esters is 5. The summed E-state index contributed by atoms with van der Waals surface area (Å²) in [4.78, 5) is 58.4. The van der Waals surface area contributed by atoms with E-state index in [1.807, 2.05) is 197 Å². The molecule has 0 atom stereocenters. The average Bonchev–Trinajstić information content (AvgIpc) is 1.66. The van der Waals surface area contributed by atoms with Gasteiger partial charge in [-0.15, -0.1) is 0 Å². The normalized spacial score (nSPS) is 12.4. The quantitative estimate of drug-likeness (QED) is 0.0138. The summed E-state index contributed by atoms with van der Waals surface area (Å²) >= 11 is 0. The molecular formula is C118H151N15O15. The minimum atomic E-state index is -0.646. The summed E-state index contributed by atoms with van der Waals surface area (Å²) in [7, 11) is 9.00. The first-order chi connectivity index (χ1) is 69.0. The Bertz CT molecular complexity index is 6760. The van der Waals surface area contributed by atoms with Crippen molar-refractivity contribution in [3.63, 3.8) is 0 Å². The molecule has 0 amide bonds. The van der Waals surface area contributed by atoms with Gasteiger partial charge in [-0.3, -0.25) is 47.4 Å². The van der Waals surface area contributed by atoms with Crippen LogP contribution in [0, 0.1) is 137 Å². The van der Waals surface area contributed by atoms with Crippen molar-refractivity contribution in [3.8, 4) is 30.3 Å². The van der Waals surface area contributed by atoms with Gasteiger partial charge in [0.15, 0.2) is 28.8 Å². The molecule has 0 aliphatic carbocycles. The Hall–Kier alpha value is -15.4. The number of ether oxygens (including phenoxy) is 10. The molecule has 5 aromatic heterocycles. The van der Waals surface area contributed by atoms with Gasteiger partial charge >= 0.3 is 29.8 Å². The largest absolute Gasteiger partial charge is 0.454 e. The van der Waals surface area contributed by atoms with E-state index < -0.39 is 11.4 Å². The molecule has 148 heavy (non-hydrogen) atoms. The van der Waals surface area contributed by atoms with E-state index in [9.17, 15) is 50.3 Å². The van der Waals surface area contributed by atoms with Crippen molar-refractivity contribution >= 4 is 86.5 Å². The van der Waals surface area contributed by atoms with E-state index in [4.69, 9.17) is 47.4 Å². The van der Waals surface area contributed by atoms with E-state index in [2.05, 4.69) is 160 Å². The van der Waals surface area contributed by atoms with E-state index in [1.165, 1.54) is 34.7 Å². The Labute approximate surface area is 875 Å². The number of nitriles is 5. The van der Waals surface area contributed by atoms with Gasteiger partial charge in [0, 0.05) is 82.8 Å². The molecule has 5 aromatic carbocycles. The summed E-state index contributed by atoms with van der Waals surface area (Å²) in [6, 6.07) is 50.7. The molecular weight excluding hydrogens is 1870 g/mol. The lowest BCUT2D eigenvalue weighted by molar-refractivity contribution is -0.161. The van der Waals surface area contributed by atoms with E-state index in [1.54, 1.807) is 100 Å². The number of aryl methyl sites for hydroxylation is 10. The van der Waals surface area contributed by atoms with Crippen LogP contribution in [0.2, 0.25) is 0 Å². The van der Waals surface area contributed by atoms with Crippen LogP contribution in [0.15, 0.2) is 121 Å². The summed E-state index contributed by atoms with van der Waals surface area (Å²) in [5, 5.41) is 72.1. The minimum Gasteiger partial charge on any atom is -0.454 e. The van der Waals surface area contributed by atoms with Crippen LogP contribution in [0.5, 0.6) is 0 Å². The molecule has 0 spiro atoms. The van der Waals surface area contributed by atoms with Crippen molar-refractivity contribution in [3.05, 3.63) is 262 Å². The van der Waals surface area contributed by atoms with E-state index in [-0.39, 0.29) is 97.3 Å². The first kappa shape index (κ1) is 121. The first-order valence-corrected chi connectivity index (χ1v) is 49.2. The number of rotatable bonds is 29. The number of hydrogen-bond donors (Lipinski definition) is 0. The fourth-order valence-corrected chi connectivity index (χ4v) is 15.1. The summed E-state index contributed by atoms with van der Waals surface area (Å²) < 4.78 is 63.4. The number of benzene rings is 5. The zero-order valence-corrected chi connectivity index (χ0v) is 94.1. The molecule has 0 saturated carbocycles. The molecule has 0 fully saturated rings. The molecule has 0 radical (unpaired) electrons. The monoisotopic (exact) mass is 2020 g/mol. The van der Waals surface area contributed by atoms with Crippen molar-refractivity contribution in [1.82, 2.24) is 48.9 Å².